The summed E-state index contributed by atoms with van der Waals surface area (Å²) in [4.78, 5) is 0. The molecule has 0 aliphatic carbocycles. The van der Waals surface area contributed by atoms with Gasteiger partial charge in [0.2, 0.25) is 0 Å². The van der Waals surface area contributed by atoms with Crippen molar-refractivity contribution in [3.63, 3.8) is 0 Å². The third kappa shape index (κ3) is 1.73. The van der Waals surface area contributed by atoms with Gasteiger partial charge in [0.05, 0.1) is 0 Å². The molecule has 0 aromatic carbocycles. The van der Waals surface area contributed by atoms with E-state index in [1.165, 1.54) is 12.2 Å². The summed E-state index contributed by atoms with van der Waals surface area (Å²) < 4.78 is 0. The van der Waals surface area contributed by atoms with Gasteiger partial charge in [0, 0.05) is 0 Å². The summed E-state index contributed by atoms with van der Waals surface area (Å²) in [5.41, 5.74) is 0. The fourth-order valence-electron chi connectivity index (χ4n) is 0.0962. The van der Waals surface area contributed by atoms with Gasteiger partial charge in [-0.25, -0.2) is 5.11 Å². The van der Waals surface area contributed by atoms with Crippen LogP contribution in [-0.4, -0.2) is 6.10 Å². The first-order chi connectivity index (χ1) is 2.81. The predicted octanol–water partition coefficient (Wildman–Crippen LogP) is 1.16. The molecule has 0 saturated heterocycles. The number of hydrogen-bond donors (Lipinski definition) is 0. The van der Waals surface area contributed by atoms with Gasteiger partial charge in [-0.15, -0.1) is 13.2 Å². The van der Waals surface area contributed by atoms with Crippen molar-refractivity contribution in [2.45, 2.75) is 6.10 Å². The molecule has 0 bridgehead atoms. The quantitative estimate of drug-likeness (QED) is 0.446. The van der Waals surface area contributed by atoms with Gasteiger partial charge in [0.25, 0.3) is 0 Å². The molecule has 0 aliphatic rings. The van der Waals surface area contributed by atoms with Crippen molar-refractivity contribution in [1.82, 2.24) is 0 Å². The zero-order valence-electron chi connectivity index (χ0n) is 3.55. The number of rotatable bonds is 2. The minimum Gasteiger partial charge on any atom is -0.224 e. The van der Waals surface area contributed by atoms with E-state index in [0.717, 1.165) is 0 Å². The molecular weight excluding hydrogens is 76.1 g/mol. The lowest BCUT2D eigenvalue weighted by Crippen LogP contribution is -1.88. The van der Waals surface area contributed by atoms with Gasteiger partial charge in [0.1, 0.15) is 6.10 Å². The molecule has 0 aromatic rings. The Morgan fingerprint density at radius 1 is 1.33 bits per heavy atom. The Morgan fingerprint density at radius 2 is 1.67 bits per heavy atom. The average Bonchev–Trinajstić information content (AvgIpc) is 1.65. The smallest absolute Gasteiger partial charge is 0.129 e. The summed E-state index contributed by atoms with van der Waals surface area (Å²) in [5, 5.41) is 10.0. The van der Waals surface area contributed by atoms with Crippen LogP contribution in [0.15, 0.2) is 25.3 Å². The highest BCUT2D eigenvalue weighted by atomic mass is 16.3. The van der Waals surface area contributed by atoms with E-state index in [0.29, 0.717) is 0 Å². The van der Waals surface area contributed by atoms with Crippen molar-refractivity contribution in [3.8, 4) is 0 Å². The van der Waals surface area contributed by atoms with E-state index in [1.54, 1.807) is 0 Å². The molecule has 0 aliphatic heterocycles. The van der Waals surface area contributed by atoms with E-state index in [4.69, 9.17) is 0 Å². The van der Waals surface area contributed by atoms with E-state index in [1.807, 2.05) is 0 Å². The van der Waals surface area contributed by atoms with Crippen LogP contribution in [0.3, 0.4) is 0 Å². The van der Waals surface area contributed by atoms with Gasteiger partial charge in [-0.1, -0.05) is 12.2 Å². The van der Waals surface area contributed by atoms with Gasteiger partial charge in [0.15, 0.2) is 0 Å². The third-order valence-corrected chi connectivity index (χ3v) is 0.465. The molecule has 0 N–H and O–H groups in total. The molecule has 0 spiro atoms. The molecule has 0 fully saturated rings. The van der Waals surface area contributed by atoms with Crippen LogP contribution in [-0.2, 0) is 5.11 Å². The van der Waals surface area contributed by atoms with Crippen molar-refractivity contribution in [2.75, 3.05) is 0 Å². The van der Waals surface area contributed by atoms with Crippen LogP contribution in [0.2, 0.25) is 0 Å². The molecule has 1 nitrogen and oxygen atoms in total. The lowest BCUT2D eigenvalue weighted by atomic mass is 10.4. The Labute approximate surface area is 37.6 Å². The molecule has 0 heterocycles. The molecule has 0 saturated carbocycles. The molecule has 0 unspecified atom stereocenters. The zero-order valence-corrected chi connectivity index (χ0v) is 3.55. The second-order valence-electron chi connectivity index (χ2n) is 0.936. The SMILES string of the molecule is C=CC([O])C=C. The van der Waals surface area contributed by atoms with E-state index < -0.39 is 6.10 Å². The van der Waals surface area contributed by atoms with Crippen LogP contribution < -0.4 is 0 Å². The molecule has 0 amide bonds. The van der Waals surface area contributed by atoms with Crippen LogP contribution in [0.1, 0.15) is 0 Å². The summed E-state index contributed by atoms with van der Waals surface area (Å²) in [5.74, 6) is 0. The molecule has 33 valence electrons. The largest absolute Gasteiger partial charge is 0.224 e. The lowest BCUT2D eigenvalue weighted by Gasteiger charge is -1.83. The highest BCUT2D eigenvalue weighted by Crippen LogP contribution is 1.81. The maximum atomic E-state index is 10.0. The van der Waals surface area contributed by atoms with E-state index in [2.05, 4.69) is 13.2 Å². The van der Waals surface area contributed by atoms with Crippen molar-refractivity contribution in [3.05, 3.63) is 25.3 Å². The van der Waals surface area contributed by atoms with Crippen molar-refractivity contribution < 1.29 is 5.11 Å². The average molecular weight is 83.1 g/mol. The van der Waals surface area contributed by atoms with Crippen LogP contribution >= 0.6 is 0 Å². The molecule has 1 heteroatoms. The van der Waals surface area contributed by atoms with Crippen LogP contribution in [0.4, 0.5) is 0 Å². The Hall–Kier alpha value is -0.560. The Morgan fingerprint density at radius 3 is 1.67 bits per heavy atom. The summed E-state index contributed by atoms with van der Waals surface area (Å²) in [7, 11) is 0. The first-order valence-electron chi connectivity index (χ1n) is 1.72. The maximum Gasteiger partial charge on any atom is 0.129 e. The van der Waals surface area contributed by atoms with Gasteiger partial charge in [-0.3, -0.25) is 0 Å². The minimum atomic E-state index is -0.787. The van der Waals surface area contributed by atoms with Crippen molar-refractivity contribution in [1.29, 1.82) is 0 Å². The fourth-order valence-corrected chi connectivity index (χ4v) is 0.0962. The van der Waals surface area contributed by atoms with Gasteiger partial charge in [-0.05, 0) is 0 Å². The van der Waals surface area contributed by atoms with Crippen molar-refractivity contribution in [2.24, 2.45) is 0 Å². The normalized spacial score (nSPS) is 8.33. The van der Waals surface area contributed by atoms with E-state index in [-0.39, 0.29) is 0 Å². The first kappa shape index (κ1) is 5.44. The third-order valence-electron chi connectivity index (χ3n) is 0.465. The molecule has 0 atom stereocenters. The van der Waals surface area contributed by atoms with Gasteiger partial charge < -0.3 is 0 Å². The molecule has 6 heavy (non-hydrogen) atoms. The van der Waals surface area contributed by atoms with Crippen LogP contribution in [0.5, 0.6) is 0 Å². The lowest BCUT2D eigenvalue weighted by molar-refractivity contribution is 0.170. The van der Waals surface area contributed by atoms with E-state index in [9.17, 15) is 5.11 Å². The zero-order chi connectivity index (χ0) is 4.99. The Kier molecular flexibility index (Phi) is 2.42. The molecule has 0 aromatic heterocycles. The summed E-state index contributed by atoms with van der Waals surface area (Å²) in [6.45, 7) is 6.50. The number of hydrogen-bond acceptors (Lipinski definition) is 0. The monoisotopic (exact) mass is 83.0 g/mol. The Bertz CT molecular complexity index is 49.0. The Balaban J connectivity index is 3.21. The standard InChI is InChI=1S/C5H7O/c1-3-5(6)4-2/h3-5H,1-2H2. The second-order valence-corrected chi connectivity index (χ2v) is 0.936. The van der Waals surface area contributed by atoms with Crippen molar-refractivity contribution >= 4 is 0 Å². The molecule has 0 rings (SSSR count). The molecule has 1 radical (unpaired) electrons. The summed E-state index contributed by atoms with van der Waals surface area (Å²) >= 11 is 0. The summed E-state index contributed by atoms with van der Waals surface area (Å²) in [6.07, 6.45) is 1.81. The summed E-state index contributed by atoms with van der Waals surface area (Å²) in [6, 6.07) is 0. The highest BCUT2D eigenvalue weighted by molar-refractivity contribution is 4.91. The topological polar surface area (TPSA) is 19.9 Å². The van der Waals surface area contributed by atoms with Crippen LogP contribution in [0, 0.1) is 0 Å². The van der Waals surface area contributed by atoms with E-state index >= 15 is 0 Å². The molecular formula is C5H7O. The maximum absolute atomic E-state index is 10.0. The van der Waals surface area contributed by atoms with Gasteiger partial charge >= 0.3 is 0 Å². The predicted molar refractivity (Wildman–Crippen MR) is 24.9 cm³/mol. The van der Waals surface area contributed by atoms with Gasteiger partial charge in [-0.2, -0.15) is 0 Å². The van der Waals surface area contributed by atoms with Crippen LogP contribution in [0.25, 0.3) is 0 Å². The second kappa shape index (κ2) is 2.67. The fraction of sp³-hybridized carbons (Fsp3) is 0.200. The highest BCUT2D eigenvalue weighted by Gasteiger charge is 1.84. The first-order valence-corrected chi connectivity index (χ1v) is 1.72. The minimum absolute atomic E-state index is 0.787.